The van der Waals surface area contributed by atoms with Crippen molar-refractivity contribution in [3.8, 4) is 0 Å². The Hall–Kier alpha value is -2.95. The van der Waals surface area contributed by atoms with Crippen molar-refractivity contribution < 1.29 is 4.79 Å². The number of pyridine rings is 1. The highest BCUT2D eigenvalue weighted by Gasteiger charge is 2.21. The van der Waals surface area contributed by atoms with Crippen LogP contribution in [0.15, 0.2) is 60.9 Å². The summed E-state index contributed by atoms with van der Waals surface area (Å²) in [4.78, 5) is 18.8. The summed E-state index contributed by atoms with van der Waals surface area (Å²) in [7, 11) is 1.83. The quantitative estimate of drug-likeness (QED) is 0.744. The molecule has 0 radical (unpaired) electrons. The molecule has 0 atom stereocenters. The van der Waals surface area contributed by atoms with E-state index in [9.17, 15) is 4.79 Å². The summed E-state index contributed by atoms with van der Waals surface area (Å²) in [5.41, 5.74) is 3.20. The lowest BCUT2D eigenvalue weighted by Crippen LogP contribution is -2.30. The molecule has 5 nitrogen and oxygen atoms in total. The lowest BCUT2D eigenvalue weighted by atomic mass is 10.2. The Morgan fingerprint density at radius 1 is 1.17 bits per heavy atom. The second kappa shape index (κ2) is 6.44. The predicted octanol–water partition coefficient (Wildman–Crippen LogP) is 2.97. The molecule has 116 valence electrons. The van der Waals surface area contributed by atoms with Crippen LogP contribution in [0.3, 0.4) is 0 Å². The number of para-hydroxylation sites is 1. The van der Waals surface area contributed by atoms with Crippen molar-refractivity contribution in [2.24, 2.45) is 7.05 Å². The van der Waals surface area contributed by atoms with Gasteiger partial charge >= 0.3 is 0 Å². The SMILES string of the molecule is Cc1cc(C(=O)N(Cc2cccnc2)c2ccccc2)nn1C. The van der Waals surface area contributed by atoms with Crippen LogP contribution in [0.5, 0.6) is 0 Å². The highest BCUT2D eigenvalue weighted by Crippen LogP contribution is 2.19. The Morgan fingerprint density at radius 2 is 1.96 bits per heavy atom. The van der Waals surface area contributed by atoms with Crippen LogP contribution in [-0.4, -0.2) is 20.7 Å². The zero-order chi connectivity index (χ0) is 16.2. The van der Waals surface area contributed by atoms with E-state index in [1.54, 1.807) is 22.0 Å². The smallest absolute Gasteiger partial charge is 0.279 e. The van der Waals surface area contributed by atoms with E-state index in [0.29, 0.717) is 12.2 Å². The number of hydrogen-bond acceptors (Lipinski definition) is 3. The zero-order valence-electron chi connectivity index (χ0n) is 13.2. The van der Waals surface area contributed by atoms with Crippen molar-refractivity contribution in [3.05, 3.63) is 77.9 Å². The molecule has 0 unspecified atom stereocenters. The molecule has 0 spiro atoms. The van der Waals surface area contributed by atoms with Gasteiger partial charge in [0.05, 0.1) is 6.54 Å². The van der Waals surface area contributed by atoms with E-state index >= 15 is 0 Å². The Balaban J connectivity index is 1.96. The average Bonchev–Trinajstić information content (AvgIpc) is 2.93. The highest BCUT2D eigenvalue weighted by molar-refractivity contribution is 6.04. The van der Waals surface area contributed by atoms with Crippen LogP contribution < -0.4 is 4.90 Å². The maximum atomic E-state index is 12.9. The molecule has 0 fully saturated rings. The van der Waals surface area contributed by atoms with Crippen molar-refractivity contribution in [2.75, 3.05) is 4.90 Å². The third kappa shape index (κ3) is 3.29. The van der Waals surface area contributed by atoms with Crippen LogP contribution in [-0.2, 0) is 13.6 Å². The molecule has 0 aliphatic carbocycles. The van der Waals surface area contributed by atoms with Gasteiger partial charge in [-0.2, -0.15) is 5.10 Å². The lowest BCUT2D eigenvalue weighted by molar-refractivity contribution is 0.0979. The van der Waals surface area contributed by atoms with E-state index in [1.165, 1.54) is 0 Å². The van der Waals surface area contributed by atoms with Gasteiger partial charge < -0.3 is 4.90 Å². The van der Waals surface area contributed by atoms with Gasteiger partial charge in [0.2, 0.25) is 0 Å². The maximum absolute atomic E-state index is 12.9. The van der Waals surface area contributed by atoms with Crippen LogP contribution in [0.1, 0.15) is 21.7 Å². The topological polar surface area (TPSA) is 51.0 Å². The summed E-state index contributed by atoms with van der Waals surface area (Å²) >= 11 is 0. The number of rotatable bonds is 4. The van der Waals surface area contributed by atoms with Gasteiger partial charge in [-0.1, -0.05) is 24.3 Å². The summed E-state index contributed by atoms with van der Waals surface area (Å²) in [6.45, 7) is 2.38. The molecule has 3 rings (SSSR count). The first-order valence-electron chi connectivity index (χ1n) is 7.41. The van der Waals surface area contributed by atoms with Crippen LogP contribution >= 0.6 is 0 Å². The monoisotopic (exact) mass is 306 g/mol. The molecule has 3 aromatic rings. The van der Waals surface area contributed by atoms with Crippen molar-refractivity contribution in [1.29, 1.82) is 0 Å². The number of anilines is 1. The number of carbonyl (C=O) groups excluding carboxylic acids is 1. The summed E-state index contributed by atoms with van der Waals surface area (Å²) in [5, 5.41) is 4.31. The molecule has 0 bridgehead atoms. The van der Waals surface area contributed by atoms with Gasteiger partial charge in [0.25, 0.3) is 5.91 Å². The Kier molecular flexibility index (Phi) is 4.19. The van der Waals surface area contributed by atoms with Crippen LogP contribution in [0.25, 0.3) is 0 Å². The molecule has 0 aliphatic rings. The summed E-state index contributed by atoms with van der Waals surface area (Å²) in [6, 6.07) is 15.2. The summed E-state index contributed by atoms with van der Waals surface area (Å²) in [5.74, 6) is -0.122. The van der Waals surface area contributed by atoms with E-state index in [4.69, 9.17) is 0 Å². The largest absolute Gasteiger partial charge is 0.302 e. The second-order valence-corrected chi connectivity index (χ2v) is 5.38. The molecule has 2 heterocycles. The zero-order valence-corrected chi connectivity index (χ0v) is 13.2. The van der Waals surface area contributed by atoms with Crippen LogP contribution in [0.4, 0.5) is 5.69 Å². The fourth-order valence-electron chi connectivity index (χ4n) is 2.37. The first-order chi connectivity index (χ1) is 11.1. The van der Waals surface area contributed by atoms with Gasteiger partial charge in [0, 0.05) is 30.8 Å². The van der Waals surface area contributed by atoms with Gasteiger partial charge in [0.1, 0.15) is 0 Å². The van der Waals surface area contributed by atoms with E-state index < -0.39 is 0 Å². The number of aromatic nitrogens is 3. The fourth-order valence-corrected chi connectivity index (χ4v) is 2.37. The Bertz CT molecular complexity index is 777. The number of aryl methyl sites for hydroxylation is 2. The summed E-state index contributed by atoms with van der Waals surface area (Å²) < 4.78 is 1.71. The van der Waals surface area contributed by atoms with E-state index in [1.807, 2.05) is 62.5 Å². The average molecular weight is 306 g/mol. The highest BCUT2D eigenvalue weighted by atomic mass is 16.2. The van der Waals surface area contributed by atoms with E-state index in [0.717, 1.165) is 16.9 Å². The first-order valence-corrected chi connectivity index (χ1v) is 7.41. The number of nitrogens with zero attached hydrogens (tertiary/aromatic N) is 4. The minimum Gasteiger partial charge on any atom is -0.302 e. The Morgan fingerprint density at radius 3 is 2.57 bits per heavy atom. The molecule has 1 aromatic carbocycles. The van der Waals surface area contributed by atoms with Crippen molar-refractivity contribution in [1.82, 2.24) is 14.8 Å². The minimum absolute atomic E-state index is 0.122. The number of amides is 1. The van der Waals surface area contributed by atoms with Crippen molar-refractivity contribution in [3.63, 3.8) is 0 Å². The van der Waals surface area contributed by atoms with Crippen molar-refractivity contribution in [2.45, 2.75) is 13.5 Å². The Labute approximate surface area is 135 Å². The van der Waals surface area contributed by atoms with E-state index in [2.05, 4.69) is 10.1 Å². The molecule has 0 saturated heterocycles. The molecule has 1 amide bonds. The third-order valence-electron chi connectivity index (χ3n) is 3.71. The number of benzene rings is 1. The summed E-state index contributed by atoms with van der Waals surface area (Å²) in [6.07, 6.45) is 3.49. The fraction of sp³-hybridized carbons (Fsp3) is 0.167. The first kappa shape index (κ1) is 15.0. The van der Waals surface area contributed by atoms with Gasteiger partial charge in [-0.05, 0) is 36.8 Å². The molecule has 0 aliphatic heterocycles. The molecular formula is C18H18N4O. The molecule has 5 heteroatoms. The normalized spacial score (nSPS) is 10.5. The van der Waals surface area contributed by atoms with Crippen LogP contribution in [0, 0.1) is 6.92 Å². The molecule has 2 aromatic heterocycles. The minimum atomic E-state index is -0.122. The van der Waals surface area contributed by atoms with Crippen molar-refractivity contribution >= 4 is 11.6 Å². The van der Waals surface area contributed by atoms with Gasteiger partial charge in [0.15, 0.2) is 5.69 Å². The standard InChI is InChI=1S/C18H18N4O/c1-14-11-17(20-21(14)2)18(23)22(16-8-4-3-5-9-16)13-15-7-6-10-19-12-15/h3-12H,13H2,1-2H3. The third-order valence-corrected chi connectivity index (χ3v) is 3.71. The van der Waals surface area contributed by atoms with Gasteiger partial charge in [-0.3, -0.25) is 14.5 Å². The number of carbonyl (C=O) groups is 1. The van der Waals surface area contributed by atoms with Crippen LogP contribution in [0.2, 0.25) is 0 Å². The van der Waals surface area contributed by atoms with Gasteiger partial charge in [-0.15, -0.1) is 0 Å². The second-order valence-electron chi connectivity index (χ2n) is 5.38. The maximum Gasteiger partial charge on any atom is 0.279 e. The molecular weight excluding hydrogens is 288 g/mol. The van der Waals surface area contributed by atoms with E-state index in [-0.39, 0.29) is 5.91 Å². The molecule has 23 heavy (non-hydrogen) atoms. The lowest BCUT2D eigenvalue weighted by Gasteiger charge is -2.22. The molecule has 0 N–H and O–H groups in total. The van der Waals surface area contributed by atoms with Gasteiger partial charge in [-0.25, -0.2) is 0 Å². The molecule has 0 saturated carbocycles. The predicted molar refractivity (Wildman–Crippen MR) is 89.1 cm³/mol. The number of hydrogen-bond donors (Lipinski definition) is 0.